The summed E-state index contributed by atoms with van der Waals surface area (Å²) in [6.45, 7) is 16.5. The molecule has 2 heteroatoms. The summed E-state index contributed by atoms with van der Waals surface area (Å²) < 4.78 is 2.31. The van der Waals surface area contributed by atoms with E-state index in [1.807, 2.05) is 0 Å². The van der Waals surface area contributed by atoms with E-state index in [9.17, 15) is 0 Å². The molecule has 0 saturated carbocycles. The Morgan fingerprint density at radius 3 is 2.09 bits per heavy atom. The van der Waals surface area contributed by atoms with Gasteiger partial charge in [0.25, 0.3) is 0 Å². The summed E-state index contributed by atoms with van der Waals surface area (Å²) in [6.07, 6.45) is 2.38. The first-order valence-corrected chi connectivity index (χ1v) is 11.6. The van der Waals surface area contributed by atoms with E-state index in [2.05, 4.69) is 95.5 Å². The first-order chi connectivity index (χ1) is 10.0. The van der Waals surface area contributed by atoms with Gasteiger partial charge >= 0.3 is 0 Å². The van der Waals surface area contributed by atoms with E-state index in [0.717, 1.165) is 0 Å². The van der Waals surface area contributed by atoms with Crippen molar-refractivity contribution in [2.75, 3.05) is 0 Å². The molecule has 0 aliphatic heterocycles. The molecule has 1 aromatic heterocycles. The minimum absolute atomic E-state index is 0.168. The Balaban J connectivity index is 2.77. The fraction of sp³-hybridized carbons (Fsp3) is 0.450. The average molecular weight is 313 g/mol. The molecule has 1 heterocycles. The van der Waals surface area contributed by atoms with Gasteiger partial charge in [0, 0.05) is 16.8 Å². The first kappa shape index (κ1) is 16.9. The molecule has 22 heavy (non-hydrogen) atoms. The summed E-state index contributed by atoms with van der Waals surface area (Å²) in [5, 5.41) is 1.57. The van der Waals surface area contributed by atoms with Gasteiger partial charge < -0.3 is 0 Å². The van der Waals surface area contributed by atoms with Gasteiger partial charge in [-0.1, -0.05) is 58.6 Å². The van der Waals surface area contributed by atoms with Crippen molar-refractivity contribution in [2.45, 2.75) is 52.8 Å². The second-order valence-corrected chi connectivity index (χ2v) is 13.5. The topological polar surface area (TPSA) is 3.88 Å². The molecule has 1 aromatic carbocycles. The molecular formula is C20H30NSi+. The Morgan fingerprint density at radius 1 is 1.00 bits per heavy atom. The Morgan fingerprint density at radius 2 is 1.59 bits per heavy atom. The van der Waals surface area contributed by atoms with Crippen LogP contribution in [0.4, 0.5) is 0 Å². The smallest absolute Gasteiger partial charge is 0.201 e. The van der Waals surface area contributed by atoms with Crippen molar-refractivity contribution in [1.29, 1.82) is 0 Å². The number of pyridine rings is 1. The Labute approximate surface area is 137 Å². The molecule has 0 radical (unpaired) electrons. The number of aromatic nitrogens is 1. The third-order valence-corrected chi connectivity index (χ3v) is 6.33. The van der Waals surface area contributed by atoms with Crippen molar-refractivity contribution in [3.05, 3.63) is 47.7 Å². The molecule has 2 aromatic rings. The maximum absolute atomic E-state index is 2.44. The Kier molecular flexibility index (Phi) is 4.36. The van der Waals surface area contributed by atoms with Gasteiger partial charge in [0.05, 0.1) is 8.07 Å². The van der Waals surface area contributed by atoms with Crippen LogP contribution in [0.1, 0.15) is 31.9 Å². The van der Waals surface area contributed by atoms with Crippen LogP contribution < -0.4 is 9.75 Å². The highest BCUT2D eigenvalue weighted by atomic mass is 28.3. The van der Waals surface area contributed by atoms with Crippen LogP contribution in [0.5, 0.6) is 0 Å². The number of hydrogen-bond donors (Lipinski definition) is 0. The Bertz CT molecular complexity index is 688. The maximum atomic E-state index is 2.44. The minimum atomic E-state index is -1.38. The van der Waals surface area contributed by atoms with E-state index in [1.165, 1.54) is 22.4 Å². The van der Waals surface area contributed by atoms with Crippen molar-refractivity contribution >= 4 is 13.3 Å². The number of hydrogen-bond acceptors (Lipinski definition) is 0. The molecule has 0 spiro atoms. The lowest BCUT2D eigenvalue weighted by Gasteiger charge is -2.28. The zero-order valence-corrected chi connectivity index (χ0v) is 16.4. The molecule has 0 amide bonds. The van der Waals surface area contributed by atoms with E-state index < -0.39 is 8.07 Å². The lowest BCUT2D eigenvalue weighted by molar-refractivity contribution is -0.659. The van der Waals surface area contributed by atoms with Crippen molar-refractivity contribution in [1.82, 2.24) is 0 Å². The van der Waals surface area contributed by atoms with Crippen LogP contribution in [0.2, 0.25) is 19.6 Å². The van der Waals surface area contributed by atoms with Gasteiger partial charge in [0.2, 0.25) is 5.69 Å². The summed E-state index contributed by atoms with van der Waals surface area (Å²) in [5.41, 5.74) is 5.64. The molecule has 0 aliphatic rings. The zero-order chi connectivity index (χ0) is 16.7. The summed E-state index contributed by atoms with van der Waals surface area (Å²) in [6, 6.07) is 11.1. The van der Waals surface area contributed by atoms with Crippen LogP contribution in [0.15, 0.2) is 36.5 Å². The summed E-state index contributed by atoms with van der Waals surface area (Å²) in [5.74, 6) is 0. The summed E-state index contributed by atoms with van der Waals surface area (Å²) >= 11 is 0. The second-order valence-electron chi connectivity index (χ2n) is 8.41. The summed E-state index contributed by atoms with van der Waals surface area (Å²) in [4.78, 5) is 0. The van der Waals surface area contributed by atoms with Gasteiger partial charge in [-0.15, -0.1) is 0 Å². The van der Waals surface area contributed by atoms with E-state index in [0.29, 0.717) is 0 Å². The average Bonchev–Trinajstić information content (AvgIpc) is 2.37. The summed E-state index contributed by atoms with van der Waals surface area (Å²) in [7, 11) is 0.801. The van der Waals surface area contributed by atoms with E-state index in [1.54, 1.807) is 5.19 Å². The standard InChI is InChI=1S/C20H30NSi/c1-15-11-9-10-12-16(15)18-13-17(20(2,3)4)19(14-21(18)5)22(6,7)8/h9-14H,1-8H3/q+1. The van der Waals surface area contributed by atoms with Crippen LogP contribution in [-0.2, 0) is 12.5 Å². The van der Waals surface area contributed by atoms with E-state index in [4.69, 9.17) is 0 Å². The first-order valence-electron chi connectivity index (χ1n) is 8.12. The van der Waals surface area contributed by atoms with Gasteiger partial charge in [-0.2, -0.15) is 0 Å². The predicted molar refractivity (Wildman–Crippen MR) is 99.5 cm³/mol. The number of nitrogens with zero attached hydrogens (tertiary/aromatic N) is 1. The van der Waals surface area contributed by atoms with E-state index >= 15 is 0 Å². The number of aryl methyl sites for hydroxylation is 2. The van der Waals surface area contributed by atoms with E-state index in [-0.39, 0.29) is 5.41 Å². The molecule has 1 nitrogen and oxygen atoms in total. The van der Waals surface area contributed by atoms with Crippen LogP contribution >= 0.6 is 0 Å². The third-order valence-electron chi connectivity index (χ3n) is 4.31. The van der Waals surface area contributed by atoms with Crippen molar-refractivity contribution in [2.24, 2.45) is 7.05 Å². The highest BCUT2D eigenvalue weighted by Gasteiger charge is 2.31. The van der Waals surface area contributed by atoms with Gasteiger partial charge in [0.1, 0.15) is 7.05 Å². The second kappa shape index (κ2) is 5.66. The molecule has 0 fully saturated rings. The lowest BCUT2D eigenvalue weighted by atomic mass is 9.86. The quantitative estimate of drug-likeness (QED) is 0.574. The largest absolute Gasteiger partial charge is 0.212 e. The highest BCUT2D eigenvalue weighted by molar-refractivity contribution is 6.89. The molecule has 118 valence electrons. The SMILES string of the molecule is Cc1ccccc1-c1cc(C(C)(C)C)c([Si](C)(C)C)c[n+]1C. The predicted octanol–water partition coefficient (Wildman–Crippen LogP) is 4.33. The number of benzene rings is 1. The normalized spacial score (nSPS) is 12.5. The monoisotopic (exact) mass is 312 g/mol. The van der Waals surface area contributed by atoms with Gasteiger partial charge in [0.15, 0.2) is 6.20 Å². The Hall–Kier alpha value is -1.41. The van der Waals surface area contributed by atoms with Gasteiger partial charge in [-0.3, -0.25) is 0 Å². The molecule has 2 rings (SSSR count). The molecule has 0 saturated heterocycles. The molecule has 0 aliphatic carbocycles. The fourth-order valence-corrected chi connectivity index (χ4v) is 4.83. The van der Waals surface area contributed by atoms with Crippen molar-refractivity contribution in [3.63, 3.8) is 0 Å². The fourth-order valence-electron chi connectivity index (χ4n) is 3.00. The minimum Gasteiger partial charge on any atom is -0.201 e. The highest BCUT2D eigenvalue weighted by Crippen LogP contribution is 2.27. The van der Waals surface area contributed by atoms with Gasteiger partial charge in [-0.25, -0.2) is 4.57 Å². The van der Waals surface area contributed by atoms with Gasteiger partial charge in [-0.05, 0) is 29.5 Å². The molecule has 0 bridgehead atoms. The van der Waals surface area contributed by atoms with Crippen LogP contribution in [0, 0.1) is 6.92 Å². The number of rotatable bonds is 2. The van der Waals surface area contributed by atoms with Crippen LogP contribution in [0.3, 0.4) is 0 Å². The van der Waals surface area contributed by atoms with Crippen molar-refractivity contribution < 1.29 is 4.57 Å². The molecule has 0 N–H and O–H groups in total. The van der Waals surface area contributed by atoms with Crippen LogP contribution in [-0.4, -0.2) is 8.07 Å². The molecule has 0 unspecified atom stereocenters. The maximum Gasteiger partial charge on any atom is 0.212 e. The molecular weight excluding hydrogens is 282 g/mol. The van der Waals surface area contributed by atoms with Crippen LogP contribution in [0.25, 0.3) is 11.3 Å². The zero-order valence-electron chi connectivity index (χ0n) is 15.4. The lowest BCUT2D eigenvalue weighted by Crippen LogP contribution is -2.49. The van der Waals surface area contributed by atoms with Crippen molar-refractivity contribution in [3.8, 4) is 11.3 Å². The molecule has 0 atom stereocenters. The third kappa shape index (κ3) is 3.32.